The fourth-order valence-electron chi connectivity index (χ4n) is 7.87. The van der Waals surface area contributed by atoms with Gasteiger partial charge in [-0.15, -0.1) is 0 Å². The van der Waals surface area contributed by atoms with Crippen LogP contribution in [0.1, 0.15) is 87.5 Å². The summed E-state index contributed by atoms with van der Waals surface area (Å²) >= 11 is 0. The van der Waals surface area contributed by atoms with Crippen LogP contribution in [0.5, 0.6) is 0 Å². The van der Waals surface area contributed by atoms with E-state index in [2.05, 4.69) is 90.5 Å². The third-order valence-electron chi connectivity index (χ3n) is 9.44. The third-order valence-corrected chi connectivity index (χ3v) is 9.44. The number of hydrogen-bond donors (Lipinski definition) is 1. The Labute approximate surface area is 221 Å². The van der Waals surface area contributed by atoms with E-state index >= 15 is 0 Å². The monoisotopic (exact) mass is 495 g/mol. The van der Waals surface area contributed by atoms with E-state index in [1.54, 1.807) is 5.57 Å². The van der Waals surface area contributed by atoms with Crippen molar-refractivity contribution in [2.45, 2.75) is 112 Å². The Morgan fingerprint density at radius 2 is 1.75 bits per heavy atom. The van der Waals surface area contributed by atoms with Gasteiger partial charge in [0.2, 0.25) is 0 Å². The van der Waals surface area contributed by atoms with Gasteiger partial charge in [-0.3, -0.25) is 9.89 Å². The highest BCUT2D eigenvalue weighted by Gasteiger charge is 2.47. The summed E-state index contributed by atoms with van der Waals surface area (Å²) in [5.74, 6) is 2.80. The minimum absolute atomic E-state index is 0.0467. The number of aliphatic imine (C=N–C) groups is 1. The number of hydrogen-bond acceptors (Lipinski definition) is 4. The van der Waals surface area contributed by atoms with Crippen LogP contribution in [0.4, 0.5) is 0 Å². The molecule has 1 fully saturated rings. The van der Waals surface area contributed by atoms with Crippen LogP contribution in [0.25, 0.3) is 0 Å². The summed E-state index contributed by atoms with van der Waals surface area (Å²) in [6.45, 7) is 19.5. The Morgan fingerprint density at radius 1 is 1.03 bits per heavy atom. The van der Waals surface area contributed by atoms with Crippen molar-refractivity contribution >= 4 is 5.71 Å². The average Bonchev–Trinajstić information content (AvgIpc) is 2.84. The zero-order chi connectivity index (χ0) is 26.3. The molecular formula is C32H53N3O. The molecule has 1 N–H and O–H groups in total. The Bertz CT molecular complexity index is 910. The maximum absolute atomic E-state index is 11.8. The molecule has 7 atom stereocenters. The van der Waals surface area contributed by atoms with E-state index in [9.17, 15) is 5.11 Å². The Morgan fingerprint density at radius 3 is 2.39 bits per heavy atom. The van der Waals surface area contributed by atoms with E-state index in [1.807, 2.05) is 0 Å². The smallest absolute Gasteiger partial charge is 0.165 e. The molecule has 0 amide bonds. The molecule has 4 nitrogen and oxygen atoms in total. The Kier molecular flexibility index (Phi) is 8.56. The van der Waals surface area contributed by atoms with Crippen molar-refractivity contribution in [1.29, 1.82) is 0 Å². The van der Waals surface area contributed by atoms with E-state index in [-0.39, 0.29) is 12.0 Å². The molecule has 7 unspecified atom stereocenters. The number of aliphatic hydroxyl groups excluding tert-OH is 1. The zero-order valence-corrected chi connectivity index (χ0v) is 24.5. The first-order valence-corrected chi connectivity index (χ1v) is 14.9. The summed E-state index contributed by atoms with van der Waals surface area (Å²) in [6.07, 6.45) is 13.0. The van der Waals surface area contributed by atoms with E-state index < -0.39 is 6.23 Å². The maximum Gasteiger partial charge on any atom is 0.165 e. The van der Waals surface area contributed by atoms with Crippen LogP contribution in [-0.2, 0) is 0 Å². The molecular weight excluding hydrogens is 442 g/mol. The highest BCUT2D eigenvalue weighted by molar-refractivity contribution is 5.84. The van der Waals surface area contributed by atoms with Crippen LogP contribution in [0.15, 0.2) is 40.1 Å². The Balaban J connectivity index is 2.03. The predicted octanol–water partition coefficient (Wildman–Crippen LogP) is 6.68. The number of fused-ring (bicyclic) bond motifs is 2. The largest absolute Gasteiger partial charge is 0.370 e. The van der Waals surface area contributed by atoms with Gasteiger partial charge in [0.1, 0.15) is 0 Å². The van der Waals surface area contributed by atoms with Gasteiger partial charge in [0.25, 0.3) is 0 Å². The highest BCUT2D eigenvalue weighted by Crippen LogP contribution is 2.49. The second-order valence-electron chi connectivity index (χ2n) is 13.2. The first-order chi connectivity index (χ1) is 17.0. The van der Waals surface area contributed by atoms with Crippen LogP contribution in [-0.4, -0.2) is 58.6 Å². The summed E-state index contributed by atoms with van der Waals surface area (Å²) in [5.41, 5.74) is 5.61. The fourth-order valence-corrected chi connectivity index (χ4v) is 7.87. The van der Waals surface area contributed by atoms with Crippen LogP contribution >= 0.6 is 0 Å². The summed E-state index contributed by atoms with van der Waals surface area (Å²) in [6, 6.07) is 0.774. The molecule has 0 bridgehead atoms. The second-order valence-corrected chi connectivity index (χ2v) is 13.2. The van der Waals surface area contributed by atoms with Crippen molar-refractivity contribution in [2.24, 2.45) is 40.5 Å². The molecule has 0 spiro atoms. The number of nitrogens with zero attached hydrogens (tertiary/aromatic N) is 3. The van der Waals surface area contributed by atoms with Crippen molar-refractivity contribution < 1.29 is 5.11 Å². The van der Waals surface area contributed by atoms with Gasteiger partial charge in [-0.05, 0) is 80.4 Å². The van der Waals surface area contributed by atoms with Crippen molar-refractivity contribution in [3.63, 3.8) is 0 Å². The van der Waals surface area contributed by atoms with E-state index in [0.29, 0.717) is 41.7 Å². The van der Waals surface area contributed by atoms with E-state index in [0.717, 1.165) is 12.3 Å². The standard InChI is InChI=1S/C32H53N3O/c1-19(2)26-17-24-14-10-11-15-25(24)28(20(3)4)31(26)35-29(21(5)6)32(36)33-23(8)18-34(9)27-16-12-13-22(7)30(27)35/h11,15,17,19-22,24-25,27,29-30,32,36H,10,12-14,16,18H2,1-9H3. The number of aliphatic hydroxyl groups is 1. The minimum Gasteiger partial charge on any atom is -0.370 e. The molecule has 4 heteroatoms. The normalized spacial score (nSPS) is 36.4. The lowest BCUT2D eigenvalue weighted by atomic mass is 9.68. The molecule has 0 radical (unpaired) electrons. The predicted molar refractivity (Wildman–Crippen MR) is 153 cm³/mol. The van der Waals surface area contributed by atoms with Crippen LogP contribution in [0.3, 0.4) is 0 Å². The topological polar surface area (TPSA) is 39.1 Å². The van der Waals surface area contributed by atoms with Gasteiger partial charge >= 0.3 is 0 Å². The van der Waals surface area contributed by atoms with Crippen molar-refractivity contribution in [1.82, 2.24) is 9.80 Å². The lowest BCUT2D eigenvalue weighted by Gasteiger charge is -2.55. The van der Waals surface area contributed by atoms with Gasteiger partial charge in [0, 0.05) is 36.0 Å². The average molecular weight is 496 g/mol. The van der Waals surface area contributed by atoms with Crippen molar-refractivity contribution in [3.8, 4) is 0 Å². The maximum atomic E-state index is 11.8. The summed E-state index contributed by atoms with van der Waals surface area (Å²) < 4.78 is 0. The van der Waals surface area contributed by atoms with Crippen LogP contribution in [0.2, 0.25) is 0 Å². The highest BCUT2D eigenvalue weighted by atomic mass is 16.3. The first-order valence-electron chi connectivity index (χ1n) is 14.9. The zero-order valence-electron chi connectivity index (χ0n) is 24.5. The van der Waals surface area contributed by atoms with Crippen LogP contribution in [0, 0.1) is 35.5 Å². The SMILES string of the molecule is CC1=NC(O)C(C(C)C)N(C2=C(C(C)C)C3C=CCCC3C=C2C(C)C)C2C(C)CCCC2N(C)C1. The van der Waals surface area contributed by atoms with E-state index in [4.69, 9.17) is 4.99 Å². The Hall–Kier alpha value is -1.39. The minimum atomic E-state index is -0.722. The summed E-state index contributed by atoms with van der Waals surface area (Å²) in [4.78, 5) is 10.2. The van der Waals surface area contributed by atoms with Gasteiger partial charge in [-0.25, -0.2) is 0 Å². The second kappa shape index (κ2) is 11.2. The lowest BCUT2D eigenvalue weighted by molar-refractivity contribution is -0.0242. The molecule has 0 aromatic rings. The quantitative estimate of drug-likeness (QED) is 0.442. The molecule has 1 aliphatic heterocycles. The fraction of sp³-hybridized carbons (Fsp3) is 0.781. The lowest BCUT2D eigenvalue weighted by Crippen LogP contribution is -2.61. The summed E-state index contributed by atoms with van der Waals surface area (Å²) in [7, 11) is 2.28. The first kappa shape index (κ1) is 27.6. The van der Waals surface area contributed by atoms with Crippen molar-refractivity contribution in [2.75, 3.05) is 13.6 Å². The number of allylic oxidation sites excluding steroid dienone is 5. The van der Waals surface area contributed by atoms with Gasteiger partial charge in [-0.1, -0.05) is 73.1 Å². The van der Waals surface area contributed by atoms with E-state index in [1.165, 1.54) is 43.4 Å². The van der Waals surface area contributed by atoms with Gasteiger partial charge in [0.15, 0.2) is 6.23 Å². The molecule has 0 aromatic carbocycles. The molecule has 202 valence electrons. The molecule has 4 aliphatic rings. The van der Waals surface area contributed by atoms with Gasteiger partial charge in [-0.2, -0.15) is 0 Å². The summed E-state index contributed by atoms with van der Waals surface area (Å²) in [5, 5.41) is 11.8. The van der Waals surface area contributed by atoms with Crippen LogP contribution < -0.4 is 0 Å². The van der Waals surface area contributed by atoms with Gasteiger partial charge in [0.05, 0.1) is 6.04 Å². The van der Waals surface area contributed by atoms with Crippen molar-refractivity contribution in [3.05, 3.63) is 35.1 Å². The number of likely N-dealkylation sites (N-methyl/N-ethyl adjacent to an activating group) is 1. The number of rotatable bonds is 4. The molecule has 1 heterocycles. The molecule has 0 saturated heterocycles. The van der Waals surface area contributed by atoms with Gasteiger partial charge < -0.3 is 10.0 Å². The molecule has 3 aliphatic carbocycles. The third kappa shape index (κ3) is 5.14. The molecule has 4 rings (SSSR count). The molecule has 36 heavy (non-hydrogen) atoms. The molecule has 1 saturated carbocycles. The molecule has 0 aromatic heterocycles.